The molecular weight excluding hydrogens is 206 g/mol. The highest BCUT2D eigenvalue weighted by Gasteiger charge is 2.22. The van der Waals surface area contributed by atoms with Crippen molar-refractivity contribution in [3.05, 3.63) is 35.9 Å². The molecule has 0 radical (unpaired) electrons. The average Bonchev–Trinajstić information content (AvgIpc) is 2.43. The van der Waals surface area contributed by atoms with Crippen LogP contribution in [0.4, 0.5) is 0 Å². The number of hydrogen-bond donors (Lipinski definition) is 1. The van der Waals surface area contributed by atoms with Crippen LogP contribution in [0.1, 0.15) is 24.9 Å². The van der Waals surface area contributed by atoms with Gasteiger partial charge >= 0.3 is 0 Å². The first kappa shape index (κ1) is 10.8. The molecule has 0 aromatic heterocycles. The van der Waals surface area contributed by atoms with Crippen LogP contribution in [0.3, 0.4) is 0 Å². The second-order valence-corrected chi connectivity index (χ2v) is 5.96. The molecule has 1 N–H and O–H groups in total. The fraction of sp³-hybridized carbons (Fsp3) is 0.500. The van der Waals surface area contributed by atoms with Crippen molar-refractivity contribution < 1.29 is 4.21 Å². The van der Waals surface area contributed by atoms with Crippen molar-refractivity contribution in [3.63, 3.8) is 0 Å². The van der Waals surface area contributed by atoms with E-state index in [1.165, 1.54) is 5.56 Å². The van der Waals surface area contributed by atoms with Gasteiger partial charge in [-0.05, 0) is 18.5 Å². The number of nitrogens with one attached hydrogen (secondary N) is 1. The van der Waals surface area contributed by atoms with Crippen molar-refractivity contribution in [2.75, 3.05) is 12.3 Å². The van der Waals surface area contributed by atoms with Crippen molar-refractivity contribution in [1.82, 2.24) is 5.32 Å². The van der Waals surface area contributed by atoms with Gasteiger partial charge in [-0.15, -0.1) is 0 Å². The zero-order valence-electron chi connectivity index (χ0n) is 8.98. The predicted octanol–water partition coefficient (Wildman–Crippen LogP) is 1.86. The van der Waals surface area contributed by atoms with E-state index < -0.39 is 10.8 Å². The molecule has 1 aromatic rings. The molecule has 3 atom stereocenters. The van der Waals surface area contributed by atoms with Crippen LogP contribution in [-0.2, 0) is 10.8 Å². The van der Waals surface area contributed by atoms with Gasteiger partial charge in [0.25, 0.3) is 0 Å². The molecule has 1 saturated heterocycles. The van der Waals surface area contributed by atoms with Gasteiger partial charge in [0.15, 0.2) is 0 Å². The summed E-state index contributed by atoms with van der Waals surface area (Å²) in [5.41, 5.74) is 1.25. The maximum Gasteiger partial charge on any atom is 0.0436 e. The summed E-state index contributed by atoms with van der Waals surface area (Å²) in [6.07, 6.45) is 1.01. The third-order valence-electron chi connectivity index (χ3n) is 2.92. The number of benzene rings is 1. The average molecular weight is 223 g/mol. The van der Waals surface area contributed by atoms with Crippen LogP contribution in [-0.4, -0.2) is 21.8 Å². The molecule has 1 aliphatic heterocycles. The van der Waals surface area contributed by atoms with Gasteiger partial charge in [-0.3, -0.25) is 4.21 Å². The van der Waals surface area contributed by atoms with Crippen molar-refractivity contribution in [3.8, 4) is 0 Å². The Labute approximate surface area is 93.5 Å². The summed E-state index contributed by atoms with van der Waals surface area (Å²) in [4.78, 5) is 0. The smallest absolute Gasteiger partial charge is 0.0436 e. The van der Waals surface area contributed by atoms with E-state index in [0.29, 0.717) is 5.25 Å². The second-order valence-electron chi connectivity index (χ2n) is 4.06. The number of rotatable bonds is 1. The number of hydrogen-bond acceptors (Lipinski definition) is 2. The van der Waals surface area contributed by atoms with Crippen LogP contribution < -0.4 is 5.32 Å². The van der Waals surface area contributed by atoms with E-state index >= 15 is 0 Å². The van der Waals surface area contributed by atoms with E-state index in [1.54, 1.807) is 0 Å². The Bertz CT molecular complexity index is 339. The zero-order valence-corrected chi connectivity index (χ0v) is 9.80. The van der Waals surface area contributed by atoms with E-state index in [0.717, 1.165) is 18.7 Å². The van der Waals surface area contributed by atoms with Gasteiger partial charge in [0.2, 0.25) is 0 Å². The first-order valence-corrected chi connectivity index (χ1v) is 6.81. The Morgan fingerprint density at radius 3 is 2.80 bits per heavy atom. The minimum Gasteiger partial charge on any atom is -0.309 e. The van der Waals surface area contributed by atoms with Crippen LogP contribution in [0.2, 0.25) is 0 Å². The molecule has 2 rings (SSSR count). The van der Waals surface area contributed by atoms with Gasteiger partial charge in [0, 0.05) is 27.8 Å². The van der Waals surface area contributed by atoms with Crippen molar-refractivity contribution in [2.24, 2.45) is 0 Å². The molecule has 82 valence electrons. The molecular formula is C12H17NOS. The Balaban J connectivity index is 2.13. The monoisotopic (exact) mass is 223 g/mol. The maximum absolute atomic E-state index is 11.9. The van der Waals surface area contributed by atoms with Crippen LogP contribution in [0.25, 0.3) is 0 Å². The Hall–Kier alpha value is -0.670. The molecule has 3 heteroatoms. The highest BCUT2D eigenvalue weighted by molar-refractivity contribution is 7.85. The lowest BCUT2D eigenvalue weighted by atomic mass is 10.1. The molecule has 1 heterocycles. The highest BCUT2D eigenvalue weighted by Crippen LogP contribution is 2.19. The lowest BCUT2D eigenvalue weighted by Crippen LogP contribution is -2.23. The Morgan fingerprint density at radius 1 is 1.33 bits per heavy atom. The maximum atomic E-state index is 11.9. The van der Waals surface area contributed by atoms with E-state index in [1.807, 2.05) is 18.2 Å². The Kier molecular flexibility index (Phi) is 3.54. The highest BCUT2D eigenvalue weighted by atomic mass is 32.2. The summed E-state index contributed by atoms with van der Waals surface area (Å²) in [6, 6.07) is 10.6. The molecule has 3 unspecified atom stereocenters. The molecule has 1 fully saturated rings. The van der Waals surface area contributed by atoms with Crippen molar-refractivity contribution in [1.29, 1.82) is 0 Å². The minimum atomic E-state index is -0.695. The third kappa shape index (κ3) is 2.67. The third-order valence-corrected chi connectivity index (χ3v) is 4.72. The lowest BCUT2D eigenvalue weighted by Gasteiger charge is -2.15. The quantitative estimate of drug-likeness (QED) is 0.787. The molecule has 0 aliphatic carbocycles. The van der Waals surface area contributed by atoms with Gasteiger partial charge < -0.3 is 5.32 Å². The lowest BCUT2D eigenvalue weighted by molar-refractivity contribution is 0.578. The van der Waals surface area contributed by atoms with Gasteiger partial charge in [0.1, 0.15) is 0 Å². The molecule has 15 heavy (non-hydrogen) atoms. The molecule has 1 aromatic carbocycles. The van der Waals surface area contributed by atoms with Crippen molar-refractivity contribution in [2.45, 2.75) is 24.6 Å². The topological polar surface area (TPSA) is 29.1 Å². The first-order valence-electron chi connectivity index (χ1n) is 5.43. The summed E-state index contributed by atoms with van der Waals surface area (Å²) < 4.78 is 11.9. The van der Waals surface area contributed by atoms with E-state index in [2.05, 4.69) is 24.4 Å². The Morgan fingerprint density at radius 2 is 2.07 bits per heavy atom. The fourth-order valence-electron chi connectivity index (χ4n) is 1.88. The second kappa shape index (κ2) is 4.90. The fourth-order valence-corrected chi connectivity index (χ4v) is 3.23. The summed E-state index contributed by atoms with van der Waals surface area (Å²) in [5.74, 6) is 0.741. The van der Waals surface area contributed by atoms with Crippen LogP contribution >= 0.6 is 0 Å². The van der Waals surface area contributed by atoms with Gasteiger partial charge in [-0.1, -0.05) is 37.3 Å². The molecule has 0 spiro atoms. The predicted molar refractivity (Wildman–Crippen MR) is 64.3 cm³/mol. The summed E-state index contributed by atoms with van der Waals surface area (Å²) in [7, 11) is -0.695. The molecule has 0 amide bonds. The first-order chi connectivity index (χ1) is 7.27. The van der Waals surface area contributed by atoms with E-state index in [-0.39, 0.29) is 6.04 Å². The minimum absolute atomic E-state index is 0.261. The van der Waals surface area contributed by atoms with Gasteiger partial charge in [-0.25, -0.2) is 0 Å². The zero-order chi connectivity index (χ0) is 10.7. The normalized spacial score (nSPS) is 32.2. The van der Waals surface area contributed by atoms with E-state index in [4.69, 9.17) is 0 Å². The summed E-state index contributed by atoms with van der Waals surface area (Å²) in [5, 5.41) is 3.79. The van der Waals surface area contributed by atoms with Crippen LogP contribution in [0.15, 0.2) is 30.3 Å². The molecule has 1 aliphatic rings. The van der Waals surface area contributed by atoms with Crippen molar-refractivity contribution >= 4 is 10.8 Å². The van der Waals surface area contributed by atoms with Crippen LogP contribution in [0.5, 0.6) is 0 Å². The molecule has 0 bridgehead atoms. The summed E-state index contributed by atoms with van der Waals surface area (Å²) in [6.45, 7) is 3.04. The van der Waals surface area contributed by atoms with E-state index in [9.17, 15) is 4.21 Å². The molecule has 0 saturated carbocycles. The van der Waals surface area contributed by atoms with Crippen LogP contribution in [0, 0.1) is 0 Å². The van der Waals surface area contributed by atoms with Gasteiger partial charge in [0.05, 0.1) is 0 Å². The standard InChI is InChI=1S/C12H17NOS/c1-10-7-8-13-12(9-15(10)14)11-5-3-2-4-6-11/h2-6,10,12-13H,7-9H2,1H3. The summed E-state index contributed by atoms with van der Waals surface area (Å²) >= 11 is 0. The largest absolute Gasteiger partial charge is 0.309 e. The SMILES string of the molecule is CC1CCNC(c2ccccc2)CS1=O. The van der Waals surface area contributed by atoms with Gasteiger partial charge in [-0.2, -0.15) is 0 Å². The molecule has 2 nitrogen and oxygen atoms in total.